The summed E-state index contributed by atoms with van der Waals surface area (Å²) < 4.78 is 4.89. The zero-order chi connectivity index (χ0) is 8.53. The lowest BCUT2D eigenvalue weighted by Crippen LogP contribution is -2.26. The number of hydrogen-bond donors (Lipinski definition) is 1. The van der Waals surface area contributed by atoms with Gasteiger partial charge in [-0.05, 0) is 13.0 Å². The maximum Gasteiger partial charge on any atom is 0.0693 e. The average Bonchev–Trinajstić information content (AvgIpc) is 1.99. The van der Waals surface area contributed by atoms with Crippen LogP contribution in [-0.2, 0) is 4.74 Å². The smallest absolute Gasteiger partial charge is 0.0693 e. The number of hydrogen-bond acceptors (Lipinski definition) is 2. The van der Waals surface area contributed by atoms with Crippen LogP contribution >= 0.6 is 11.6 Å². The third-order valence-corrected chi connectivity index (χ3v) is 1.70. The molecule has 3 heteroatoms. The summed E-state index contributed by atoms with van der Waals surface area (Å²) in [6.45, 7) is 4.70. The lowest BCUT2D eigenvalue weighted by atomic mass is 10.3. The monoisotopic (exact) mass is 179 g/mol. The van der Waals surface area contributed by atoms with Crippen molar-refractivity contribution >= 4 is 11.6 Å². The standard InChI is InChI=1S/C8H18ClNO/c1-3-4-5-10-6-8(9)7-11-2/h8,10H,3-7H2,1-2H3. The van der Waals surface area contributed by atoms with Gasteiger partial charge in [-0.2, -0.15) is 0 Å². The molecule has 1 unspecified atom stereocenters. The fourth-order valence-electron chi connectivity index (χ4n) is 0.800. The highest BCUT2D eigenvalue weighted by Gasteiger charge is 2.01. The van der Waals surface area contributed by atoms with Crippen molar-refractivity contribution in [2.75, 3.05) is 26.8 Å². The van der Waals surface area contributed by atoms with Crippen LogP contribution in [0.25, 0.3) is 0 Å². The molecule has 1 N–H and O–H groups in total. The molecule has 0 aromatic rings. The first-order valence-corrected chi connectivity index (χ1v) is 4.58. The number of rotatable bonds is 7. The average molecular weight is 180 g/mol. The maximum atomic E-state index is 5.87. The van der Waals surface area contributed by atoms with Crippen molar-refractivity contribution in [3.8, 4) is 0 Å². The van der Waals surface area contributed by atoms with E-state index in [1.807, 2.05) is 0 Å². The Balaban J connectivity index is 2.97. The Morgan fingerprint density at radius 2 is 2.27 bits per heavy atom. The summed E-state index contributed by atoms with van der Waals surface area (Å²) in [4.78, 5) is 0. The zero-order valence-electron chi connectivity index (χ0n) is 7.40. The van der Waals surface area contributed by atoms with Crippen molar-refractivity contribution in [1.82, 2.24) is 5.32 Å². The van der Waals surface area contributed by atoms with E-state index in [0.29, 0.717) is 6.61 Å². The van der Waals surface area contributed by atoms with Crippen LogP contribution in [0.4, 0.5) is 0 Å². The van der Waals surface area contributed by atoms with Crippen LogP contribution in [0.1, 0.15) is 19.8 Å². The molecule has 0 aromatic heterocycles. The molecular weight excluding hydrogens is 162 g/mol. The predicted octanol–water partition coefficient (Wildman–Crippen LogP) is 1.63. The number of alkyl halides is 1. The molecule has 0 aromatic carbocycles. The molecule has 0 spiro atoms. The molecule has 0 bridgehead atoms. The Morgan fingerprint density at radius 1 is 1.55 bits per heavy atom. The highest BCUT2D eigenvalue weighted by molar-refractivity contribution is 6.20. The van der Waals surface area contributed by atoms with E-state index in [9.17, 15) is 0 Å². The number of methoxy groups -OCH3 is 1. The molecule has 0 heterocycles. The van der Waals surface area contributed by atoms with Gasteiger partial charge in [0.1, 0.15) is 0 Å². The minimum atomic E-state index is 0.108. The van der Waals surface area contributed by atoms with Gasteiger partial charge in [0.05, 0.1) is 12.0 Å². The third kappa shape index (κ3) is 8.11. The van der Waals surface area contributed by atoms with E-state index in [2.05, 4.69) is 12.2 Å². The van der Waals surface area contributed by atoms with Gasteiger partial charge < -0.3 is 10.1 Å². The van der Waals surface area contributed by atoms with Gasteiger partial charge in [-0.3, -0.25) is 0 Å². The van der Waals surface area contributed by atoms with Crippen LogP contribution in [0, 0.1) is 0 Å². The lowest BCUT2D eigenvalue weighted by molar-refractivity contribution is 0.197. The second-order valence-electron chi connectivity index (χ2n) is 2.61. The summed E-state index contributed by atoms with van der Waals surface area (Å²) >= 11 is 5.87. The SMILES string of the molecule is CCCCNCC(Cl)COC. The van der Waals surface area contributed by atoms with Gasteiger partial charge >= 0.3 is 0 Å². The predicted molar refractivity (Wildman–Crippen MR) is 49.3 cm³/mol. The number of halogens is 1. The largest absolute Gasteiger partial charge is 0.383 e. The van der Waals surface area contributed by atoms with E-state index < -0.39 is 0 Å². The summed E-state index contributed by atoms with van der Waals surface area (Å²) in [7, 11) is 1.67. The van der Waals surface area contributed by atoms with Gasteiger partial charge in [0.15, 0.2) is 0 Å². The molecule has 0 amide bonds. The van der Waals surface area contributed by atoms with Crippen LogP contribution in [0.2, 0.25) is 0 Å². The van der Waals surface area contributed by atoms with E-state index >= 15 is 0 Å². The van der Waals surface area contributed by atoms with Gasteiger partial charge in [0.25, 0.3) is 0 Å². The van der Waals surface area contributed by atoms with E-state index in [1.54, 1.807) is 7.11 Å². The van der Waals surface area contributed by atoms with Gasteiger partial charge in [0, 0.05) is 13.7 Å². The minimum Gasteiger partial charge on any atom is -0.383 e. The molecule has 2 nitrogen and oxygen atoms in total. The van der Waals surface area contributed by atoms with Crippen molar-refractivity contribution in [3.05, 3.63) is 0 Å². The van der Waals surface area contributed by atoms with Crippen molar-refractivity contribution in [2.45, 2.75) is 25.1 Å². The number of ether oxygens (including phenoxy) is 1. The van der Waals surface area contributed by atoms with Gasteiger partial charge in [-0.15, -0.1) is 11.6 Å². The maximum absolute atomic E-state index is 5.87. The van der Waals surface area contributed by atoms with Crippen LogP contribution in [-0.4, -0.2) is 32.2 Å². The van der Waals surface area contributed by atoms with E-state index in [1.165, 1.54) is 12.8 Å². The first kappa shape index (κ1) is 11.2. The van der Waals surface area contributed by atoms with E-state index in [0.717, 1.165) is 13.1 Å². The second kappa shape index (κ2) is 8.31. The number of nitrogens with one attached hydrogen (secondary N) is 1. The Morgan fingerprint density at radius 3 is 2.82 bits per heavy atom. The third-order valence-electron chi connectivity index (χ3n) is 1.42. The lowest BCUT2D eigenvalue weighted by Gasteiger charge is -2.08. The Labute approximate surface area is 74.3 Å². The fraction of sp³-hybridized carbons (Fsp3) is 1.00. The summed E-state index contributed by atoms with van der Waals surface area (Å²) in [6, 6.07) is 0. The van der Waals surface area contributed by atoms with Crippen LogP contribution in [0.15, 0.2) is 0 Å². The molecular formula is C8H18ClNO. The molecule has 11 heavy (non-hydrogen) atoms. The molecule has 0 aliphatic rings. The molecule has 1 atom stereocenters. The first-order chi connectivity index (χ1) is 5.31. The molecule has 0 aliphatic carbocycles. The summed E-state index contributed by atoms with van der Waals surface area (Å²) in [5.74, 6) is 0. The number of unbranched alkanes of at least 4 members (excludes halogenated alkanes) is 1. The summed E-state index contributed by atoms with van der Waals surface area (Å²) in [5.41, 5.74) is 0. The second-order valence-corrected chi connectivity index (χ2v) is 3.23. The molecule has 0 aliphatic heterocycles. The highest BCUT2D eigenvalue weighted by Crippen LogP contribution is 1.93. The normalized spacial score (nSPS) is 13.4. The molecule has 0 saturated heterocycles. The Bertz CT molecular complexity index is 80.5. The Hall–Kier alpha value is 0.210. The highest BCUT2D eigenvalue weighted by atomic mass is 35.5. The van der Waals surface area contributed by atoms with Crippen LogP contribution < -0.4 is 5.32 Å². The molecule has 0 saturated carbocycles. The minimum absolute atomic E-state index is 0.108. The van der Waals surface area contributed by atoms with Gasteiger partial charge in [0.2, 0.25) is 0 Å². The zero-order valence-corrected chi connectivity index (χ0v) is 8.16. The van der Waals surface area contributed by atoms with Crippen LogP contribution in [0.3, 0.4) is 0 Å². The van der Waals surface area contributed by atoms with Crippen molar-refractivity contribution in [1.29, 1.82) is 0 Å². The van der Waals surface area contributed by atoms with Gasteiger partial charge in [-0.25, -0.2) is 0 Å². The summed E-state index contributed by atoms with van der Waals surface area (Å²) in [5, 5.41) is 3.37. The van der Waals surface area contributed by atoms with Crippen molar-refractivity contribution < 1.29 is 4.74 Å². The molecule has 0 fully saturated rings. The van der Waals surface area contributed by atoms with E-state index in [4.69, 9.17) is 16.3 Å². The van der Waals surface area contributed by atoms with Crippen LogP contribution in [0.5, 0.6) is 0 Å². The quantitative estimate of drug-likeness (QED) is 0.474. The molecule has 0 radical (unpaired) electrons. The van der Waals surface area contributed by atoms with E-state index in [-0.39, 0.29) is 5.38 Å². The van der Waals surface area contributed by atoms with Crippen molar-refractivity contribution in [3.63, 3.8) is 0 Å². The van der Waals surface area contributed by atoms with Crippen molar-refractivity contribution in [2.24, 2.45) is 0 Å². The molecule has 68 valence electrons. The molecule has 0 rings (SSSR count). The first-order valence-electron chi connectivity index (χ1n) is 4.15. The topological polar surface area (TPSA) is 21.3 Å². The Kier molecular flexibility index (Phi) is 8.47. The van der Waals surface area contributed by atoms with Gasteiger partial charge in [-0.1, -0.05) is 13.3 Å². The summed E-state index contributed by atoms with van der Waals surface area (Å²) in [6.07, 6.45) is 2.45. The fourth-order valence-corrected chi connectivity index (χ4v) is 1.04.